The summed E-state index contributed by atoms with van der Waals surface area (Å²) in [5, 5.41) is 6.00. The van der Waals surface area contributed by atoms with Crippen molar-refractivity contribution in [3.63, 3.8) is 0 Å². The Bertz CT molecular complexity index is 1170. The van der Waals surface area contributed by atoms with E-state index in [9.17, 15) is 14.0 Å². The van der Waals surface area contributed by atoms with Crippen LogP contribution in [0.5, 0.6) is 0 Å². The second kappa shape index (κ2) is 7.40. The average Bonchev–Trinajstić information content (AvgIpc) is 3.07. The molecule has 28 heavy (non-hydrogen) atoms. The molecule has 7 heteroatoms. The summed E-state index contributed by atoms with van der Waals surface area (Å²) < 4.78 is 13.1. The Labute approximate surface area is 159 Å². The first-order valence-electron chi connectivity index (χ1n) is 8.68. The number of benzene rings is 3. The largest absolute Gasteiger partial charge is 0.370 e. The van der Waals surface area contributed by atoms with Gasteiger partial charge in [-0.3, -0.25) is 4.79 Å². The number of anilines is 2. The van der Waals surface area contributed by atoms with E-state index in [4.69, 9.17) is 0 Å². The number of nitrogens with one attached hydrogen (secondary N) is 4. The zero-order valence-electron chi connectivity index (χ0n) is 14.7. The molecule has 0 saturated heterocycles. The number of aromatic amines is 2. The van der Waals surface area contributed by atoms with E-state index in [1.165, 1.54) is 24.3 Å². The van der Waals surface area contributed by atoms with Gasteiger partial charge in [0.1, 0.15) is 11.9 Å². The van der Waals surface area contributed by atoms with Gasteiger partial charge >= 0.3 is 5.69 Å². The zero-order chi connectivity index (χ0) is 19.5. The first-order valence-corrected chi connectivity index (χ1v) is 8.68. The second-order valence-corrected chi connectivity index (χ2v) is 6.32. The molecule has 1 heterocycles. The molecule has 0 aliphatic rings. The molecule has 0 fully saturated rings. The molecule has 1 unspecified atom stereocenters. The fourth-order valence-corrected chi connectivity index (χ4v) is 2.98. The number of amides is 1. The van der Waals surface area contributed by atoms with Gasteiger partial charge in [-0.25, -0.2) is 9.18 Å². The number of hydrogen-bond acceptors (Lipinski definition) is 3. The number of halogens is 1. The standard InChI is InChI=1S/C21H17FN4O2/c22-14-6-8-15(9-7-14)24-20(27)19(13-4-2-1-3-5-13)23-16-10-11-17-18(12-16)26-21(28)25-17/h1-12,19,23H,(H,24,27)(H2,25,26,28). The fraction of sp³-hybridized carbons (Fsp3) is 0.0476. The molecule has 1 atom stereocenters. The first-order chi connectivity index (χ1) is 13.6. The van der Waals surface area contributed by atoms with Crippen LogP contribution in [0.25, 0.3) is 11.0 Å². The smallest absolute Gasteiger partial charge is 0.323 e. The van der Waals surface area contributed by atoms with Gasteiger partial charge in [0.25, 0.3) is 5.91 Å². The minimum Gasteiger partial charge on any atom is -0.370 e. The normalized spacial score (nSPS) is 11.9. The monoisotopic (exact) mass is 376 g/mol. The lowest BCUT2D eigenvalue weighted by atomic mass is 10.1. The second-order valence-electron chi connectivity index (χ2n) is 6.32. The van der Waals surface area contributed by atoms with Crippen molar-refractivity contribution >= 4 is 28.3 Å². The van der Waals surface area contributed by atoms with Gasteiger partial charge in [0.15, 0.2) is 0 Å². The molecular weight excluding hydrogens is 359 g/mol. The number of aromatic nitrogens is 2. The number of fused-ring (bicyclic) bond motifs is 1. The summed E-state index contributed by atoms with van der Waals surface area (Å²) >= 11 is 0. The minimum atomic E-state index is -0.686. The third-order valence-electron chi connectivity index (χ3n) is 4.33. The molecular formula is C21H17FN4O2. The Morgan fingerprint density at radius 1 is 0.857 bits per heavy atom. The van der Waals surface area contributed by atoms with Gasteiger partial charge in [-0.15, -0.1) is 0 Å². The summed E-state index contributed by atoms with van der Waals surface area (Å²) in [4.78, 5) is 29.8. The molecule has 0 bridgehead atoms. The van der Waals surface area contributed by atoms with Crippen LogP contribution in [-0.2, 0) is 4.79 Å². The van der Waals surface area contributed by atoms with Crippen LogP contribution in [0.4, 0.5) is 15.8 Å². The summed E-state index contributed by atoms with van der Waals surface area (Å²) in [6, 6.07) is 19.5. The highest BCUT2D eigenvalue weighted by Crippen LogP contribution is 2.23. The summed E-state index contributed by atoms with van der Waals surface area (Å²) in [5.74, 6) is -0.662. The van der Waals surface area contributed by atoms with Crippen molar-refractivity contribution in [3.8, 4) is 0 Å². The summed E-state index contributed by atoms with van der Waals surface area (Å²) in [6.45, 7) is 0. The molecule has 4 rings (SSSR count). The van der Waals surface area contributed by atoms with Crippen molar-refractivity contribution in [1.29, 1.82) is 0 Å². The molecule has 0 aliphatic carbocycles. The summed E-state index contributed by atoms with van der Waals surface area (Å²) in [5.41, 5.74) is 2.97. The van der Waals surface area contributed by atoms with E-state index in [2.05, 4.69) is 20.6 Å². The van der Waals surface area contributed by atoms with Gasteiger partial charge in [0.05, 0.1) is 11.0 Å². The number of rotatable bonds is 5. The molecule has 140 valence electrons. The van der Waals surface area contributed by atoms with Crippen molar-refractivity contribution in [2.45, 2.75) is 6.04 Å². The number of carbonyl (C=O) groups is 1. The maximum Gasteiger partial charge on any atom is 0.323 e. The Hall–Kier alpha value is -3.87. The predicted octanol–water partition coefficient (Wildman–Crippen LogP) is 3.79. The van der Waals surface area contributed by atoms with Crippen molar-refractivity contribution in [2.75, 3.05) is 10.6 Å². The van der Waals surface area contributed by atoms with E-state index in [-0.39, 0.29) is 17.4 Å². The summed E-state index contributed by atoms with van der Waals surface area (Å²) in [7, 11) is 0. The van der Waals surface area contributed by atoms with E-state index in [0.717, 1.165) is 5.56 Å². The Balaban J connectivity index is 1.63. The van der Waals surface area contributed by atoms with Crippen LogP contribution >= 0.6 is 0 Å². The van der Waals surface area contributed by atoms with Crippen molar-refractivity contribution in [1.82, 2.24) is 9.97 Å². The SMILES string of the molecule is O=C(Nc1ccc(F)cc1)C(Nc1ccc2[nH]c(=O)[nH]c2c1)c1ccccc1. The third-order valence-corrected chi connectivity index (χ3v) is 4.33. The third kappa shape index (κ3) is 3.78. The number of hydrogen-bond donors (Lipinski definition) is 4. The Kier molecular flexibility index (Phi) is 4.63. The van der Waals surface area contributed by atoms with E-state index >= 15 is 0 Å². The van der Waals surface area contributed by atoms with E-state index < -0.39 is 6.04 Å². The Morgan fingerprint density at radius 3 is 2.29 bits per heavy atom. The highest BCUT2D eigenvalue weighted by Gasteiger charge is 2.21. The first kappa shape index (κ1) is 17.5. The van der Waals surface area contributed by atoms with E-state index in [1.807, 2.05) is 30.3 Å². The highest BCUT2D eigenvalue weighted by atomic mass is 19.1. The lowest BCUT2D eigenvalue weighted by Crippen LogP contribution is -2.27. The summed E-state index contributed by atoms with van der Waals surface area (Å²) in [6.07, 6.45) is 0. The molecule has 1 amide bonds. The number of carbonyl (C=O) groups excluding carboxylic acids is 1. The number of H-pyrrole nitrogens is 2. The minimum absolute atomic E-state index is 0.291. The van der Waals surface area contributed by atoms with Crippen molar-refractivity contribution < 1.29 is 9.18 Å². The van der Waals surface area contributed by atoms with Crippen LogP contribution in [0, 0.1) is 5.82 Å². The average molecular weight is 376 g/mol. The van der Waals surface area contributed by atoms with Gasteiger partial charge in [-0.05, 0) is 48.0 Å². The van der Waals surface area contributed by atoms with Crippen LogP contribution in [-0.4, -0.2) is 15.9 Å². The lowest BCUT2D eigenvalue weighted by molar-refractivity contribution is -0.117. The maximum absolute atomic E-state index is 13.1. The van der Waals surface area contributed by atoms with E-state index in [0.29, 0.717) is 22.4 Å². The quantitative estimate of drug-likeness (QED) is 0.427. The molecule has 1 aromatic heterocycles. The zero-order valence-corrected chi connectivity index (χ0v) is 14.7. The molecule has 4 aromatic rings. The van der Waals surface area contributed by atoms with Gasteiger partial charge in [-0.1, -0.05) is 30.3 Å². The molecule has 6 nitrogen and oxygen atoms in total. The molecule has 3 aromatic carbocycles. The molecule has 0 aliphatic heterocycles. The maximum atomic E-state index is 13.1. The Morgan fingerprint density at radius 2 is 1.54 bits per heavy atom. The van der Waals surface area contributed by atoms with Gasteiger partial charge < -0.3 is 20.6 Å². The van der Waals surface area contributed by atoms with Crippen LogP contribution < -0.4 is 16.3 Å². The molecule has 0 saturated carbocycles. The van der Waals surface area contributed by atoms with Crippen molar-refractivity contribution in [2.24, 2.45) is 0 Å². The van der Waals surface area contributed by atoms with Gasteiger partial charge in [-0.2, -0.15) is 0 Å². The highest BCUT2D eigenvalue weighted by molar-refractivity contribution is 5.97. The van der Waals surface area contributed by atoms with Crippen molar-refractivity contribution in [3.05, 3.63) is 94.7 Å². The molecule has 4 N–H and O–H groups in total. The van der Waals surface area contributed by atoms with Crippen LogP contribution in [0.2, 0.25) is 0 Å². The van der Waals surface area contributed by atoms with Crippen LogP contribution in [0.15, 0.2) is 77.6 Å². The molecule has 0 spiro atoms. The predicted molar refractivity (Wildman–Crippen MR) is 107 cm³/mol. The topological polar surface area (TPSA) is 89.8 Å². The van der Waals surface area contributed by atoms with Gasteiger partial charge in [0.2, 0.25) is 0 Å². The van der Waals surface area contributed by atoms with E-state index in [1.54, 1.807) is 18.2 Å². The van der Waals surface area contributed by atoms with Crippen LogP contribution in [0.3, 0.4) is 0 Å². The lowest BCUT2D eigenvalue weighted by Gasteiger charge is -2.20. The number of imidazole rings is 1. The molecule has 0 radical (unpaired) electrons. The fourth-order valence-electron chi connectivity index (χ4n) is 2.98. The van der Waals surface area contributed by atoms with Crippen LogP contribution in [0.1, 0.15) is 11.6 Å². The van der Waals surface area contributed by atoms with Gasteiger partial charge in [0, 0.05) is 11.4 Å².